The highest BCUT2D eigenvalue weighted by atomic mass is 31.2. The van der Waals surface area contributed by atoms with Gasteiger partial charge in [-0.25, -0.2) is 4.57 Å². The fraction of sp³-hybridized carbons (Fsp3) is 0.690. The van der Waals surface area contributed by atoms with Gasteiger partial charge in [-0.15, -0.1) is 0 Å². The lowest BCUT2D eigenvalue weighted by atomic mass is 9.89. The Labute approximate surface area is 339 Å². The minimum Gasteiger partial charge on any atom is -0.480 e. The highest BCUT2D eigenvalue weighted by Crippen LogP contribution is 2.43. The quantitative estimate of drug-likeness (QED) is 0.0174. The van der Waals surface area contributed by atoms with Gasteiger partial charge in [0.15, 0.2) is 6.10 Å². The van der Waals surface area contributed by atoms with E-state index in [1.54, 1.807) is 24.3 Å². The first-order chi connectivity index (χ1) is 27.3. The fourth-order valence-electron chi connectivity index (χ4n) is 6.05. The summed E-state index contributed by atoms with van der Waals surface area (Å²) < 4.78 is 32.6. The van der Waals surface area contributed by atoms with Crippen LogP contribution in [0, 0.1) is 11.8 Å². The third-order valence-electron chi connectivity index (χ3n) is 9.35. The summed E-state index contributed by atoms with van der Waals surface area (Å²) in [5.74, 6) is -3.42. The van der Waals surface area contributed by atoms with Gasteiger partial charge in [0.2, 0.25) is 0 Å². The number of nitrogens with two attached hydrogens (primary N) is 1. The lowest BCUT2D eigenvalue weighted by Crippen LogP contribution is -2.34. The zero-order valence-electron chi connectivity index (χ0n) is 34.0. The molecule has 15 heteroatoms. The number of carbonyl (C=O) groups is 3. The number of aliphatic carboxylic acids is 1. The first-order valence-corrected chi connectivity index (χ1v) is 22.1. The molecule has 1 unspecified atom stereocenters. The highest BCUT2D eigenvalue weighted by Gasteiger charge is 2.39. The molecule has 1 saturated carbocycles. The molecule has 0 aliphatic heterocycles. The van der Waals surface area contributed by atoms with Crippen molar-refractivity contribution in [3.63, 3.8) is 0 Å². The molecule has 1 aliphatic carbocycles. The lowest BCUT2D eigenvalue weighted by molar-refractivity contribution is -0.160. The Balaban J connectivity index is 2.60. The summed E-state index contributed by atoms with van der Waals surface area (Å²) in [7, 11) is -4.80. The first-order valence-electron chi connectivity index (χ1n) is 20.6. The van der Waals surface area contributed by atoms with Crippen LogP contribution in [0.2, 0.25) is 0 Å². The number of hydrogen-bond acceptors (Lipinski definition) is 12. The summed E-state index contributed by atoms with van der Waals surface area (Å²) in [5.41, 5.74) is 5.32. The Kier molecular flexibility index (Phi) is 29.2. The SMILES string of the molecule is CC/C=C\C/C=C\C/C=C\CCCCCCCC(=O)O[C@H](COC(=O)C/C=C\C[C@H]1[C@@H](/C=C/[C@H](O)CCCCC)[C@H](O)C[C@@H]1O)COP(=O)(O)OC[C@H](N)C(=O)O. The van der Waals surface area contributed by atoms with Gasteiger partial charge in [0, 0.05) is 18.8 Å². The Bertz CT molecular complexity index is 1320. The van der Waals surface area contributed by atoms with E-state index in [2.05, 4.69) is 54.8 Å². The smallest absolute Gasteiger partial charge is 0.472 e. The van der Waals surface area contributed by atoms with Crippen LogP contribution in [0.3, 0.4) is 0 Å². The first kappa shape index (κ1) is 52.1. The molecule has 326 valence electrons. The van der Waals surface area contributed by atoms with Crippen LogP contribution in [0.25, 0.3) is 0 Å². The Morgan fingerprint density at radius 2 is 1.47 bits per heavy atom. The Morgan fingerprint density at radius 3 is 2.18 bits per heavy atom. The maximum Gasteiger partial charge on any atom is 0.472 e. The van der Waals surface area contributed by atoms with Crippen molar-refractivity contribution in [3.05, 3.63) is 60.8 Å². The number of carboxylic acid groups (broad SMARTS) is 1. The van der Waals surface area contributed by atoms with Crippen LogP contribution >= 0.6 is 7.82 Å². The Morgan fingerprint density at radius 1 is 0.807 bits per heavy atom. The van der Waals surface area contributed by atoms with Crippen molar-refractivity contribution in [2.45, 2.75) is 153 Å². The van der Waals surface area contributed by atoms with E-state index in [9.17, 15) is 39.2 Å². The normalized spacial score (nSPS) is 21.5. The molecule has 57 heavy (non-hydrogen) atoms. The number of aliphatic hydroxyl groups is 3. The van der Waals surface area contributed by atoms with E-state index in [0.29, 0.717) is 19.3 Å². The average molecular weight is 828 g/mol. The molecule has 0 spiro atoms. The van der Waals surface area contributed by atoms with E-state index in [4.69, 9.17) is 24.8 Å². The fourth-order valence-corrected chi connectivity index (χ4v) is 6.83. The summed E-state index contributed by atoms with van der Waals surface area (Å²) in [6, 6.07) is -1.57. The highest BCUT2D eigenvalue weighted by molar-refractivity contribution is 7.47. The van der Waals surface area contributed by atoms with Gasteiger partial charge in [0.05, 0.1) is 37.9 Å². The molecule has 1 fully saturated rings. The number of carboxylic acids is 1. The maximum atomic E-state index is 12.7. The second-order valence-corrected chi connectivity index (χ2v) is 15.8. The van der Waals surface area contributed by atoms with Crippen molar-refractivity contribution in [3.8, 4) is 0 Å². The largest absolute Gasteiger partial charge is 0.480 e. The number of allylic oxidation sites excluding steroid dienone is 7. The van der Waals surface area contributed by atoms with E-state index >= 15 is 0 Å². The van der Waals surface area contributed by atoms with Gasteiger partial charge < -0.3 is 40.5 Å². The van der Waals surface area contributed by atoms with Crippen molar-refractivity contribution in [1.29, 1.82) is 0 Å². The molecular weight excluding hydrogens is 757 g/mol. The van der Waals surface area contributed by atoms with E-state index in [0.717, 1.165) is 70.6 Å². The summed E-state index contributed by atoms with van der Waals surface area (Å²) in [6.45, 7) is 2.21. The summed E-state index contributed by atoms with van der Waals surface area (Å²) in [4.78, 5) is 46.1. The summed E-state index contributed by atoms with van der Waals surface area (Å²) in [6.07, 6.45) is 28.5. The second kappa shape index (κ2) is 32.0. The number of aliphatic hydroxyl groups excluding tert-OH is 3. The van der Waals surface area contributed by atoms with Gasteiger partial charge in [-0.05, 0) is 57.3 Å². The monoisotopic (exact) mass is 827 g/mol. The van der Waals surface area contributed by atoms with Crippen LogP contribution < -0.4 is 5.73 Å². The zero-order valence-corrected chi connectivity index (χ0v) is 34.9. The van der Waals surface area contributed by atoms with Gasteiger partial charge in [0.1, 0.15) is 12.6 Å². The topological polar surface area (TPSA) is 232 Å². The van der Waals surface area contributed by atoms with Gasteiger partial charge in [-0.2, -0.15) is 0 Å². The number of hydrogen-bond donors (Lipinski definition) is 6. The summed E-state index contributed by atoms with van der Waals surface area (Å²) >= 11 is 0. The zero-order chi connectivity index (χ0) is 42.3. The molecule has 0 heterocycles. The van der Waals surface area contributed by atoms with Crippen LogP contribution in [0.15, 0.2) is 60.8 Å². The number of rotatable bonds is 33. The molecular formula is C42H70NO13P. The number of phosphoric ester groups is 1. The van der Waals surface area contributed by atoms with E-state index in [-0.39, 0.29) is 31.1 Å². The molecule has 8 atom stereocenters. The van der Waals surface area contributed by atoms with Crippen LogP contribution in [0.1, 0.15) is 123 Å². The predicted octanol–water partition coefficient (Wildman–Crippen LogP) is 6.77. The van der Waals surface area contributed by atoms with Crippen LogP contribution in [0.5, 0.6) is 0 Å². The van der Waals surface area contributed by atoms with E-state index < -0.39 is 76.0 Å². The van der Waals surface area contributed by atoms with Crippen molar-refractivity contribution in [1.82, 2.24) is 0 Å². The van der Waals surface area contributed by atoms with Gasteiger partial charge in [-0.3, -0.25) is 23.4 Å². The Hall–Kier alpha value is -2.94. The van der Waals surface area contributed by atoms with Gasteiger partial charge in [-0.1, -0.05) is 113 Å². The standard InChI is InChI=1S/C42H70NO13P/c1-3-5-7-8-9-10-11-12-13-14-15-16-17-18-20-26-41(48)56-34(31-54-57(51,52)55-32-37(43)42(49)50)30-53-40(47)25-22-21-24-35-36(39(46)29-38(35)45)28-27-33(44)23-19-6-4-2/h5,7,9-10,12-13,21-22,27-28,33-39,44-46H,3-4,6,8,11,14-20,23-26,29-32,43H2,1-2H3,(H,49,50)(H,51,52)/b7-5-,10-9-,13-12-,22-21-,28-27+/t33-,34-,35+,36-,37+,38+,39-/m1/s1. The van der Waals surface area contributed by atoms with Gasteiger partial charge in [0.25, 0.3) is 0 Å². The molecule has 7 N–H and O–H groups in total. The molecule has 0 aromatic rings. The molecule has 0 saturated heterocycles. The molecule has 0 radical (unpaired) electrons. The predicted molar refractivity (Wildman–Crippen MR) is 219 cm³/mol. The number of ether oxygens (including phenoxy) is 2. The summed E-state index contributed by atoms with van der Waals surface area (Å²) in [5, 5.41) is 40.2. The molecule has 0 aromatic heterocycles. The van der Waals surface area contributed by atoms with Crippen LogP contribution in [-0.2, 0) is 37.5 Å². The molecule has 1 rings (SSSR count). The molecule has 14 nitrogen and oxygen atoms in total. The second-order valence-electron chi connectivity index (χ2n) is 14.4. The number of unbranched alkanes of at least 4 members (excludes halogenated alkanes) is 7. The van der Waals surface area contributed by atoms with Crippen molar-refractivity contribution >= 4 is 25.7 Å². The van der Waals surface area contributed by atoms with Crippen molar-refractivity contribution in [2.24, 2.45) is 17.6 Å². The van der Waals surface area contributed by atoms with Gasteiger partial charge >= 0.3 is 25.7 Å². The number of phosphoric acid groups is 1. The number of esters is 2. The maximum absolute atomic E-state index is 12.7. The number of carbonyl (C=O) groups excluding carboxylic acids is 2. The minimum absolute atomic E-state index is 0.0728. The molecule has 1 aliphatic rings. The van der Waals surface area contributed by atoms with E-state index in [1.807, 2.05) is 0 Å². The third-order valence-corrected chi connectivity index (χ3v) is 10.3. The third kappa shape index (κ3) is 26.6. The van der Waals surface area contributed by atoms with E-state index in [1.165, 1.54) is 0 Å². The van der Waals surface area contributed by atoms with Crippen LogP contribution in [-0.4, -0.2) is 93.5 Å². The average Bonchev–Trinajstić information content (AvgIpc) is 3.44. The van der Waals surface area contributed by atoms with Crippen molar-refractivity contribution < 1.29 is 62.8 Å². The van der Waals surface area contributed by atoms with Crippen LogP contribution in [0.4, 0.5) is 0 Å². The molecule has 0 aromatic carbocycles. The lowest BCUT2D eigenvalue weighted by Gasteiger charge is -2.20. The molecule has 0 amide bonds. The minimum atomic E-state index is -4.80. The molecule has 0 bridgehead atoms. The van der Waals surface area contributed by atoms with Crippen molar-refractivity contribution in [2.75, 3.05) is 19.8 Å².